The third kappa shape index (κ3) is 1.58. The van der Waals surface area contributed by atoms with Crippen molar-refractivity contribution in [3.05, 3.63) is 0 Å². The fraction of sp³-hybridized carbons (Fsp3) is 0.947. The van der Waals surface area contributed by atoms with Gasteiger partial charge in [0, 0.05) is 11.8 Å². The lowest BCUT2D eigenvalue weighted by Crippen LogP contribution is -2.52. The number of Topliss-reactive ketones (excluding diaryl/α,β-unsaturated/α-hetero) is 1. The highest BCUT2D eigenvalue weighted by Crippen LogP contribution is 2.65. The number of carbonyl (C=O) groups is 1. The third-order valence-electron chi connectivity index (χ3n) is 8.29. The molecule has 0 aromatic rings. The topological polar surface area (TPSA) is 17.1 Å². The molecule has 0 radical (unpaired) electrons. The van der Waals surface area contributed by atoms with Gasteiger partial charge in [0.15, 0.2) is 0 Å². The molecule has 1 nitrogen and oxygen atoms in total. The Morgan fingerprint density at radius 2 is 1.75 bits per heavy atom. The summed E-state index contributed by atoms with van der Waals surface area (Å²) in [6.45, 7) is 4.92. The maximum atomic E-state index is 12.4. The lowest BCUT2D eigenvalue weighted by atomic mass is 9.45. The van der Waals surface area contributed by atoms with Crippen LogP contribution >= 0.6 is 0 Å². The molecule has 20 heavy (non-hydrogen) atoms. The van der Waals surface area contributed by atoms with Crippen LogP contribution in [0.3, 0.4) is 0 Å². The third-order valence-corrected chi connectivity index (χ3v) is 8.29. The summed E-state index contributed by atoms with van der Waals surface area (Å²) in [5, 5.41) is 0. The van der Waals surface area contributed by atoms with Gasteiger partial charge in [-0.25, -0.2) is 0 Å². The Morgan fingerprint density at radius 1 is 0.900 bits per heavy atom. The zero-order chi connectivity index (χ0) is 14.0. The molecule has 0 N–H and O–H groups in total. The van der Waals surface area contributed by atoms with E-state index in [2.05, 4.69) is 13.8 Å². The van der Waals surface area contributed by atoms with E-state index < -0.39 is 0 Å². The van der Waals surface area contributed by atoms with Gasteiger partial charge in [0.25, 0.3) is 0 Å². The van der Waals surface area contributed by atoms with Crippen LogP contribution in [0.25, 0.3) is 0 Å². The molecule has 112 valence electrons. The normalized spacial score (nSPS) is 55.0. The summed E-state index contributed by atoms with van der Waals surface area (Å²) in [6.07, 6.45) is 13.4. The Morgan fingerprint density at radius 3 is 2.60 bits per heavy atom. The SMILES string of the molecule is C[C@]12CCCC[C@@H]1CC[C@@H]1[C@@H]2CC[C@@]2(C)C(=O)CC[C@@H]12. The Bertz CT molecular complexity index is 427. The fourth-order valence-electron chi connectivity index (χ4n) is 7.07. The van der Waals surface area contributed by atoms with Crippen LogP contribution in [0.1, 0.15) is 78.1 Å². The van der Waals surface area contributed by atoms with Gasteiger partial charge in [-0.15, -0.1) is 0 Å². The Labute approximate surface area is 123 Å². The number of ketones is 1. The smallest absolute Gasteiger partial charge is 0.139 e. The molecule has 0 aromatic heterocycles. The molecule has 0 saturated heterocycles. The van der Waals surface area contributed by atoms with Gasteiger partial charge in [0.2, 0.25) is 0 Å². The van der Waals surface area contributed by atoms with Crippen molar-refractivity contribution in [2.45, 2.75) is 78.1 Å². The number of hydrogen-bond donors (Lipinski definition) is 0. The molecule has 0 bridgehead atoms. The van der Waals surface area contributed by atoms with Crippen molar-refractivity contribution in [2.24, 2.45) is 34.5 Å². The molecule has 0 spiro atoms. The quantitative estimate of drug-likeness (QED) is 0.608. The van der Waals surface area contributed by atoms with Crippen LogP contribution in [0, 0.1) is 34.5 Å². The molecule has 4 aliphatic carbocycles. The zero-order valence-electron chi connectivity index (χ0n) is 13.3. The van der Waals surface area contributed by atoms with E-state index in [0.29, 0.717) is 11.2 Å². The maximum Gasteiger partial charge on any atom is 0.139 e. The van der Waals surface area contributed by atoms with Gasteiger partial charge >= 0.3 is 0 Å². The van der Waals surface area contributed by atoms with Gasteiger partial charge in [0.05, 0.1) is 0 Å². The predicted molar refractivity (Wildman–Crippen MR) is 81.4 cm³/mol. The van der Waals surface area contributed by atoms with Gasteiger partial charge in [-0.3, -0.25) is 4.79 Å². The van der Waals surface area contributed by atoms with Crippen LogP contribution in [-0.4, -0.2) is 5.78 Å². The van der Waals surface area contributed by atoms with Crippen LogP contribution in [0.2, 0.25) is 0 Å². The van der Waals surface area contributed by atoms with E-state index in [4.69, 9.17) is 0 Å². The molecule has 0 heterocycles. The largest absolute Gasteiger partial charge is 0.299 e. The van der Waals surface area contributed by atoms with E-state index >= 15 is 0 Å². The molecule has 0 aliphatic heterocycles. The fourth-order valence-corrected chi connectivity index (χ4v) is 7.07. The van der Waals surface area contributed by atoms with Gasteiger partial charge in [-0.1, -0.05) is 26.7 Å². The van der Waals surface area contributed by atoms with Crippen molar-refractivity contribution in [3.63, 3.8) is 0 Å². The second-order valence-corrected chi connectivity index (χ2v) is 8.82. The number of hydrogen-bond acceptors (Lipinski definition) is 1. The number of rotatable bonds is 0. The molecule has 4 aliphatic rings. The highest BCUT2D eigenvalue weighted by atomic mass is 16.1. The second-order valence-electron chi connectivity index (χ2n) is 8.82. The Kier molecular flexibility index (Phi) is 2.89. The first-order valence-electron chi connectivity index (χ1n) is 9.09. The van der Waals surface area contributed by atoms with Crippen LogP contribution in [0.15, 0.2) is 0 Å². The molecule has 0 unspecified atom stereocenters. The summed E-state index contributed by atoms with van der Waals surface area (Å²) in [5.74, 6) is 4.13. The first kappa shape index (κ1) is 13.3. The van der Waals surface area contributed by atoms with E-state index in [0.717, 1.165) is 30.1 Å². The Hall–Kier alpha value is -0.330. The monoisotopic (exact) mass is 274 g/mol. The first-order chi connectivity index (χ1) is 9.56. The van der Waals surface area contributed by atoms with Crippen molar-refractivity contribution in [3.8, 4) is 0 Å². The van der Waals surface area contributed by atoms with Crippen molar-refractivity contribution in [1.29, 1.82) is 0 Å². The summed E-state index contributed by atoms with van der Waals surface area (Å²) in [5.41, 5.74) is 0.688. The molecule has 1 heteroatoms. The molecule has 0 aromatic carbocycles. The van der Waals surface area contributed by atoms with Crippen molar-refractivity contribution >= 4 is 5.78 Å². The highest BCUT2D eigenvalue weighted by molar-refractivity contribution is 5.87. The average molecular weight is 274 g/mol. The first-order valence-corrected chi connectivity index (χ1v) is 9.09. The summed E-state index contributed by atoms with van der Waals surface area (Å²) in [7, 11) is 0. The summed E-state index contributed by atoms with van der Waals surface area (Å²) in [4.78, 5) is 12.4. The predicted octanol–water partition coefficient (Wildman–Crippen LogP) is 4.99. The van der Waals surface area contributed by atoms with E-state index in [9.17, 15) is 4.79 Å². The highest BCUT2D eigenvalue weighted by Gasteiger charge is 2.59. The van der Waals surface area contributed by atoms with Gasteiger partial charge < -0.3 is 0 Å². The maximum absolute atomic E-state index is 12.4. The molecule has 4 fully saturated rings. The number of fused-ring (bicyclic) bond motifs is 5. The summed E-state index contributed by atoms with van der Waals surface area (Å²) in [6, 6.07) is 0. The molecule has 6 atom stereocenters. The number of carbonyl (C=O) groups excluding carboxylic acids is 1. The van der Waals surface area contributed by atoms with Crippen LogP contribution in [0.4, 0.5) is 0 Å². The van der Waals surface area contributed by atoms with E-state index in [1.165, 1.54) is 57.8 Å². The minimum Gasteiger partial charge on any atom is -0.299 e. The molecule has 4 saturated carbocycles. The lowest BCUT2D eigenvalue weighted by Gasteiger charge is -2.59. The minimum absolute atomic E-state index is 0.0685. The minimum atomic E-state index is 0.0685. The van der Waals surface area contributed by atoms with Gasteiger partial charge in [0.1, 0.15) is 5.78 Å². The summed E-state index contributed by atoms with van der Waals surface area (Å²) >= 11 is 0. The summed E-state index contributed by atoms with van der Waals surface area (Å²) < 4.78 is 0. The van der Waals surface area contributed by atoms with Gasteiger partial charge in [-0.05, 0) is 74.0 Å². The molecular formula is C19H30O. The van der Waals surface area contributed by atoms with Crippen LogP contribution in [-0.2, 0) is 4.79 Å². The Balaban J connectivity index is 1.66. The van der Waals surface area contributed by atoms with Gasteiger partial charge in [-0.2, -0.15) is 0 Å². The van der Waals surface area contributed by atoms with Crippen molar-refractivity contribution in [2.75, 3.05) is 0 Å². The van der Waals surface area contributed by atoms with Crippen molar-refractivity contribution in [1.82, 2.24) is 0 Å². The average Bonchev–Trinajstić information content (AvgIpc) is 2.74. The molecule has 4 rings (SSSR count). The molecule has 0 amide bonds. The van der Waals surface area contributed by atoms with Crippen LogP contribution < -0.4 is 0 Å². The van der Waals surface area contributed by atoms with Crippen LogP contribution in [0.5, 0.6) is 0 Å². The zero-order valence-corrected chi connectivity index (χ0v) is 13.3. The van der Waals surface area contributed by atoms with E-state index in [1.807, 2.05) is 0 Å². The van der Waals surface area contributed by atoms with Crippen molar-refractivity contribution < 1.29 is 4.79 Å². The van der Waals surface area contributed by atoms with E-state index in [-0.39, 0.29) is 5.41 Å². The lowest BCUT2D eigenvalue weighted by molar-refractivity contribution is -0.138. The standard InChI is InChI=1S/C19H30O/c1-18-11-4-3-5-13(18)6-7-14-15-8-9-17(20)19(15,2)12-10-16(14)18/h13-16H,3-12H2,1-2H3/t13-,14+,15+,16+,18+,19-/m1/s1. The van der Waals surface area contributed by atoms with E-state index in [1.54, 1.807) is 0 Å². The second kappa shape index (κ2) is 4.34. The molecular weight excluding hydrogens is 244 g/mol.